The number of fused-ring (bicyclic) bond motifs is 1. The van der Waals surface area contributed by atoms with Crippen LogP contribution < -0.4 is 10.6 Å². The molecular weight excluding hydrogens is 376 g/mol. The molecule has 0 aliphatic carbocycles. The lowest BCUT2D eigenvalue weighted by atomic mass is 10.0. The molecule has 0 unspecified atom stereocenters. The summed E-state index contributed by atoms with van der Waals surface area (Å²) >= 11 is 0. The molecular formula is C24H22N4O2. The van der Waals surface area contributed by atoms with Gasteiger partial charge in [0, 0.05) is 18.0 Å². The summed E-state index contributed by atoms with van der Waals surface area (Å²) in [7, 11) is 0. The van der Waals surface area contributed by atoms with Gasteiger partial charge >= 0.3 is 0 Å². The van der Waals surface area contributed by atoms with Crippen molar-refractivity contribution in [2.24, 2.45) is 0 Å². The third kappa shape index (κ3) is 4.72. The maximum atomic E-state index is 12.6. The van der Waals surface area contributed by atoms with Crippen molar-refractivity contribution in [2.75, 3.05) is 0 Å². The molecule has 0 radical (unpaired) electrons. The maximum Gasteiger partial charge on any atom is 0.251 e. The minimum absolute atomic E-state index is 0.135. The fraction of sp³-hybridized carbons (Fsp3) is 0.125. The topological polar surface area (TPSA) is 75.5 Å². The number of benzene rings is 2. The predicted molar refractivity (Wildman–Crippen MR) is 115 cm³/mol. The fourth-order valence-electron chi connectivity index (χ4n) is 3.29. The standard InChI is InChI=1S/C24H22N4O2/c29-23(25-16-20-17-28-14-8-7-13-22(28)26-20)15-21(18-9-3-1-4-10-18)27-24(30)19-11-5-2-6-12-19/h1-14,17,21H,15-16H2,(H,25,29)(H,27,30)/t21-/m1/s1. The van der Waals surface area contributed by atoms with Gasteiger partial charge in [0.05, 0.1) is 24.7 Å². The van der Waals surface area contributed by atoms with Crippen molar-refractivity contribution >= 4 is 17.5 Å². The zero-order valence-corrected chi connectivity index (χ0v) is 16.4. The Balaban J connectivity index is 1.43. The van der Waals surface area contributed by atoms with E-state index in [0.29, 0.717) is 12.1 Å². The van der Waals surface area contributed by atoms with E-state index >= 15 is 0 Å². The van der Waals surface area contributed by atoms with Gasteiger partial charge in [-0.1, -0.05) is 54.6 Å². The second kappa shape index (κ2) is 9.05. The second-order valence-electron chi connectivity index (χ2n) is 6.98. The van der Waals surface area contributed by atoms with Crippen LogP contribution in [0.5, 0.6) is 0 Å². The van der Waals surface area contributed by atoms with Gasteiger partial charge in [-0.05, 0) is 29.8 Å². The molecule has 0 saturated carbocycles. The number of nitrogens with one attached hydrogen (secondary N) is 2. The Morgan fingerprint density at radius 2 is 1.60 bits per heavy atom. The summed E-state index contributed by atoms with van der Waals surface area (Å²) in [6.45, 7) is 0.328. The normalized spacial score (nSPS) is 11.7. The van der Waals surface area contributed by atoms with E-state index in [1.54, 1.807) is 12.1 Å². The number of hydrogen-bond donors (Lipinski definition) is 2. The van der Waals surface area contributed by atoms with Crippen LogP contribution in [0, 0.1) is 0 Å². The molecule has 4 aromatic rings. The van der Waals surface area contributed by atoms with E-state index in [4.69, 9.17) is 0 Å². The minimum atomic E-state index is -0.431. The highest BCUT2D eigenvalue weighted by Crippen LogP contribution is 2.17. The molecule has 150 valence electrons. The number of amides is 2. The summed E-state index contributed by atoms with van der Waals surface area (Å²) < 4.78 is 1.91. The molecule has 2 N–H and O–H groups in total. The van der Waals surface area contributed by atoms with Crippen LogP contribution in [-0.4, -0.2) is 21.2 Å². The van der Waals surface area contributed by atoms with Gasteiger partial charge < -0.3 is 15.0 Å². The predicted octanol–water partition coefficient (Wildman–Crippen LogP) is 3.51. The highest BCUT2D eigenvalue weighted by Gasteiger charge is 2.19. The van der Waals surface area contributed by atoms with Gasteiger partial charge in [-0.3, -0.25) is 9.59 Å². The van der Waals surface area contributed by atoms with Crippen LogP contribution in [0.4, 0.5) is 0 Å². The smallest absolute Gasteiger partial charge is 0.251 e. The van der Waals surface area contributed by atoms with Gasteiger partial charge in [-0.2, -0.15) is 0 Å². The van der Waals surface area contributed by atoms with Crippen LogP contribution in [0.3, 0.4) is 0 Å². The Hall–Kier alpha value is -3.93. The lowest BCUT2D eigenvalue weighted by Crippen LogP contribution is -2.33. The molecule has 30 heavy (non-hydrogen) atoms. The Kier molecular flexibility index (Phi) is 5.85. The minimum Gasteiger partial charge on any atom is -0.350 e. The average Bonchev–Trinajstić information content (AvgIpc) is 3.21. The maximum absolute atomic E-state index is 12.6. The van der Waals surface area contributed by atoms with E-state index in [1.807, 2.05) is 83.5 Å². The number of aromatic nitrogens is 2. The Labute approximate surface area is 174 Å². The fourth-order valence-corrected chi connectivity index (χ4v) is 3.29. The van der Waals surface area contributed by atoms with Crippen molar-refractivity contribution in [1.82, 2.24) is 20.0 Å². The van der Waals surface area contributed by atoms with Crippen LogP contribution in [0.15, 0.2) is 91.3 Å². The SMILES string of the molecule is O=C(C[C@@H](NC(=O)c1ccccc1)c1ccccc1)NCc1cn2ccccc2n1. The summed E-state index contributed by atoms with van der Waals surface area (Å²) in [5.41, 5.74) is 3.05. The molecule has 2 amide bonds. The van der Waals surface area contributed by atoms with Crippen LogP contribution in [0.2, 0.25) is 0 Å². The molecule has 2 heterocycles. The summed E-state index contributed by atoms with van der Waals surface area (Å²) in [4.78, 5) is 29.8. The van der Waals surface area contributed by atoms with E-state index in [9.17, 15) is 9.59 Å². The van der Waals surface area contributed by atoms with Crippen LogP contribution in [0.25, 0.3) is 5.65 Å². The van der Waals surface area contributed by atoms with Gasteiger partial charge in [0.25, 0.3) is 5.91 Å². The van der Waals surface area contributed by atoms with Gasteiger partial charge in [-0.15, -0.1) is 0 Å². The number of carbonyl (C=O) groups excluding carboxylic acids is 2. The van der Waals surface area contributed by atoms with Gasteiger partial charge in [0.1, 0.15) is 5.65 Å². The molecule has 4 rings (SSSR count). The largest absolute Gasteiger partial charge is 0.350 e. The van der Waals surface area contributed by atoms with Gasteiger partial charge in [0.15, 0.2) is 0 Å². The van der Waals surface area contributed by atoms with Crippen molar-refractivity contribution in [3.63, 3.8) is 0 Å². The van der Waals surface area contributed by atoms with Crippen molar-refractivity contribution in [2.45, 2.75) is 19.0 Å². The van der Waals surface area contributed by atoms with E-state index < -0.39 is 6.04 Å². The molecule has 0 aliphatic heterocycles. The average molecular weight is 398 g/mol. The summed E-state index contributed by atoms with van der Waals surface area (Å²) in [6.07, 6.45) is 3.94. The number of rotatable bonds is 7. The van der Waals surface area contributed by atoms with Crippen molar-refractivity contribution < 1.29 is 9.59 Å². The van der Waals surface area contributed by atoms with Crippen LogP contribution in [-0.2, 0) is 11.3 Å². The first kappa shape index (κ1) is 19.4. The number of hydrogen-bond acceptors (Lipinski definition) is 3. The monoisotopic (exact) mass is 398 g/mol. The van der Waals surface area contributed by atoms with Gasteiger partial charge in [0.2, 0.25) is 5.91 Å². The Morgan fingerprint density at radius 1 is 0.900 bits per heavy atom. The first-order chi connectivity index (χ1) is 14.7. The quantitative estimate of drug-likeness (QED) is 0.500. The summed E-state index contributed by atoms with van der Waals surface area (Å²) in [5, 5.41) is 5.89. The summed E-state index contributed by atoms with van der Waals surface area (Å²) in [5.74, 6) is -0.369. The van der Waals surface area contributed by atoms with E-state index in [0.717, 1.165) is 16.9 Å². The molecule has 0 aliphatic rings. The highest BCUT2D eigenvalue weighted by molar-refractivity contribution is 5.94. The highest BCUT2D eigenvalue weighted by atomic mass is 16.2. The number of imidazole rings is 1. The molecule has 0 bridgehead atoms. The van der Waals surface area contributed by atoms with E-state index in [-0.39, 0.29) is 18.2 Å². The van der Waals surface area contributed by atoms with Crippen LogP contribution in [0.1, 0.15) is 34.1 Å². The van der Waals surface area contributed by atoms with E-state index in [1.165, 1.54) is 0 Å². The second-order valence-corrected chi connectivity index (χ2v) is 6.98. The lowest BCUT2D eigenvalue weighted by Gasteiger charge is -2.19. The molecule has 1 atom stereocenters. The molecule has 6 nitrogen and oxygen atoms in total. The zero-order valence-electron chi connectivity index (χ0n) is 16.4. The zero-order chi connectivity index (χ0) is 20.8. The number of nitrogens with zero attached hydrogens (tertiary/aromatic N) is 2. The number of carbonyl (C=O) groups is 2. The summed E-state index contributed by atoms with van der Waals surface area (Å²) in [6, 6.07) is 23.8. The van der Waals surface area contributed by atoms with Crippen molar-refractivity contribution in [1.29, 1.82) is 0 Å². The molecule has 0 spiro atoms. The number of pyridine rings is 1. The molecule has 2 aromatic carbocycles. The third-order valence-corrected chi connectivity index (χ3v) is 4.81. The van der Waals surface area contributed by atoms with Crippen molar-refractivity contribution in [3.05, 3.63) is 108 Å². The molecule has 0 fully saturated rings. The Bertz CT molecular complexity index is 1110. The first-order valence-corrected chi connectivity index (χ1v) is 9.79. The first-order valence-electron chi connectivity index (χ1n) is 9.79. The Morgan fingerprint density at radius 3 is 2.33 bits per heavy atom. The lowest BCUT2D eigenvalue weighted by molar-refractivity contribution is -0.121. The van der Waals surface area contributed by atoms with E-state index in [2.05, 4.69) is 15.6 Å². The molecule has 2 aromatic heterocycles. The van der Waals surface area contributed by atoms with Crippen molar-refractivity contribution in [3.8, 4) is 0 Å². The van der Waals surface area contributed by atoms with Crippen LogP contribution >= 0.6 is 0 Å². The molecule has 0 saturated heterocycles. The third-order valence-electron chi connectivity index (χ3n) is 4.81. The van der Waals surface area contributed by atoms with Gasteiger partial charge in [-0.25, -0.2) is 4.98 Å². The molecule has 6 heteroatoms.